The van der Waals surface area contributed by atoms with Gasteiger partial charge in [-0.3, -0.25) is 9.52 Å². The third-order valence-corrected chi connectivity index (χ3v) is 7.16. The molecule has 3 aromatic carbocycles. The van der Waals surface area contributed by atoms with E-state index in [0.717, 1.165) is 12.1 Å². The van der Waals surface area contributed by atoms with Crippen molar-refractivity contribution in [1.82, 2.24) is 5.32 Å². The molecule has 11 heteroatoms. The number of nitrogens with one attached hydrogen (secondary N) is 2. The van der Waals surface area contributed by atoms with Gasteiger partial charge in [0.25, 0.3) is 15.9 Å². The number of phenols is 1. The Kier molecular flexibility index (Phi) is 5.52. The molecule has 0 saturated carbocycles. The number of sulfonamides is 1. The molecule has 0 radical (unpaired) electrons. The molecule has 1 heterocycles. The van der Waals surface area contributed by atoms with Crippen LogP contribution in [0.25, 0.3) is 11.1 Å². The van der Waals surface area contributed by atoms with Gasteiger partial charge in [0.15, 0.2) is 0 Å². The molecule has 0 atom stereocenters. The van der Waals surface area contributed by atoms with Gasteiger partial charge in [-0.05, 0) is 57.4 Å². The third-order valence-electron chi connectivity index (χ3n) is 4.68. The van der Waals surface area contributed by atoms with Gasteiger partial charge in [-0.1, -0.05) is 22.0 Å². The lowest BCUT2D eigenvalue weighted by molar-refractivity contribution is 0.0950. The average molecular weight is 574 g/mol. The molecule has 4 rings (SSSR count). The summed E-state index contributed by atoms with van der Waals surface area (Å²) in [6.07, 6.45) is 0. The second kappa shape index (κ2) is 7.88. The Hall–Kier alpha value is -2.50. The molecule has 4 bridgehead atoms. The number of fused-ring (bicyclic) bond motifs is 6. The second-order valence-corrected chi connectivity index (χ2v) is 10.1. The normalized spacial score (nSPS) is 14.9. The van der Waals surface area contributed by atoms with Crippen molar-refractivity contribution < 1.29 is 27.1 Å². The lowest BCUT2D eigenvalue weighted by Crippen LogP contribution is -2.23. The van der Waals surface area contributed by atoms with E-state index < -0.39 is 43.9 Å². The van der Waals surface area contributed by atoms with Crippen LogP contribution in [0.2, 0.25) is 0 Å². The molecule has 1 amide bonds. The highest BCUT2D eigenvalue weighted by Gasteiger charge is 2.26. The number of carbonyl (C=O) groups excluding carboxylic acids is 1. The number of aromatic hydroxyl groups is 1. The first kappa shape index (κ1) is 21.7. The maximum atomic E-state index is 14.7. The van der Waals surface area contributed by atoms with E-state index in [2.05, 4.69) is 37.2 Å². The lowest BCUT2D eigenvalue weighted by Gasteiger charge is -2.14. The largest absolute Gasteiger partial charge is 0.505 e. The first-order valence-corrected chi connectivity index (χ1v) is 11.7. The van der Waals surface area contributed by atoms with Crippen LogP contribution in [0.3, 0.4) is 0 Å². The third kappa shape index (κ3) is 4.04. The molecule has 0 fully saturated rings. The average Bonchev–Trinajstić information content (AvgIpc) is 2.70. The Morgan fingerprint density at radius 3 is 2.45 bits per heavy atom. The van der Waals surface area contributed by atoms with Crippen molar-refractivity contribution in [1.29, 1.82) is 0 Å². The van der Waals surface area contributed by atoms with Gasteiger partial charge in [-0.2, -0.15) is 0 Å². The van der Waals surface area contributed by atoms with E-state index in [4.69, 9.17) is 0 Å². The van der Waals surface area contributed by atoms with Gasteiger partial charge in [-0.15, -0.1) is 0 Å². The summed E-state index contributed by atoms with van der Waals surface area (Å²) >= 11 is 6.33. The topological polar surface area (TPSA) is 95.5 Å². The summed E-state index contributed by atoms with van der Waals surface area (Å²) in [6.45, 7) is -0.0123. The van der Waals surface area contributed by atoms with Crippen LogP contribution in [0, 0.1) is 11.6 Å². The Morgan fingerprint density at radius 1 is 0.968 bits per heavy atom. The molecule has 1 aliphatic rings. The summed E-state index contributed by atoms with van der Waals surface area (Å²) < 4.78 is 57.6. The number of hydrogen-bond acceptors (Lipinski definition) is 4. The predicted molar refractivity (Wildman–Crippen MR) is 117 cm³/mol. The number of benzene rings is 3. The highest BCUT2D eigenvalue weighted by Crippen LogP contribution is 2.37. The number of halogens is 4. The van der Waals surface area contributed by atoms with E-state index >= 15 is 0 Å². The molecular formula is C20H12Br2F2N2O4S. The van der Waals surface area contributed by atoms with E-state index in [1.165, 1.54) is 6.07 Å². The number of rotatable bonds is 0. The molecule has 31 heavy (non-hydrogen) atoms. The fourth-order valence-corrected chi connectivity index (χ4v) is 5.33. The van der Waals surface area contributed by atoms with Gasteiger partial charge >= 0.3 is 0 Å². The fraction of sp³-hybridized carbons (Fsp3) is 0.0500. The van der Waals surface area contributed by atoms with E-state index in [0.29, 0.717) is 21.7 Å². The molecule has 0 spiro atoms. The van der Waals surface area contributed by atoms with Crippen LogP contribution >= 0.6 is 31.9 Å². The molecule has 3 aromatic rings. The van der Waals surface area contributed by atoms with Gasteiger partial charge < -0.3 is 10.4 Å². The van der Waals surface area contributed by atoms with Crippen molar-refractivity contribution in [2.24, 2.45) is 0 Å². The van der Waals surface area contributed by atoms with Crippen molar-refractivity contribution >= 4 is 53.5 Å². The number of anilines is 1. The summed E-state index contributed by atoms with van der Waals surface area (Å²) in [5, 5.41) is 12.9. The van der Waals surface area contributed by atoms with Crippen molar-refractivity contribution in [2.75, 3.05) is 4.72 Å². The molecule has 1 aliphatic heterocycles. The highest BCUT2D eigenvalue weighted by atomic mass is 79.9. The van der Waals surface area contributed by atoms with Gasteiger partial charge in [0.2, 0.25) is 0 Å². The Morgan fingerprint density at radius 2 is 1.71 bits per heavy atom. The van der Waals surface area contributed by atoms with Crippen LogP contribution in [0.15, 0.2) is 56.3 Å². The highest BCUT2D eigenvalue weighted by molar-refractivity contribution is 9.10. The molecule has 0 unspecified atom stereocenters. The summed E-state index contributed by atoms with van der Waals surface area (Å²) in [5.41, 5.74) is 0.222. The zero-order valence-electron chi connectivity index (χ0n) is 15.3. The molecular weight excluding hydrogens is 562 g/mol. The van der Waals surface area contributed by atoms with Gasteiger partial charge in [0.05, 0.1) is 10.2 Å². The summed E-state index contributed by atoms with van der Waals surface area (Å²) in [6, 6.07) is 8.77. The van der Waals surface area contributed by atoms with E-state index in [1.807, 2.05) is 4.72 Å². The molecule has 160 valence electrons. The summed E-state index contributed by atoms with van der Waals surface area (Å²) in [7, 11) is -4.54. The molecule has 0 aromatic heterocycles. The van der Waals surface area contributed by atoms with Crippen LogP contribution in [-0.4, -0.2) is 19.4 Å². The Bertz CT molecular complexity index is 1360. The maximum Gasteiger partial charge on any atom is 0.265 e. The number of carbonyl (C=O) groups is 1. The first-order valence-electron chi connectivity index (χ1n) is 8.68. The second-order valence-electron chi connectivity index (χ2n) is 6.71. The lowest BCUT2D eigenvalue weighted by atomic mass is 9.98. The zero-order valence-corrected chi connectivity index (χ0v) is 19.3. The van der Waals surface area contributed by atoms with E-state index in [1.54, 1.807) is 18.2 Å². The molecule has 6 nitrogen and oxygen atoms in total. The van der Waals surface area contributed by atoms with Gasteiger partial charge in [0.1, 0.15) is 22.3 Å². The Balaban J connectivity index is 2.02. The summed E-state index contributed by atoms with van der Waals surface area (Å²) in [5.74, 6) is -3.33. The van der Waals surface area contributed by atoms with E-state index in [-0.39, 0.29) is 22.1 Å². The van der Waals surface area contributed by atoms with Crippen molar-refractivity contribution in [3.63, 3.8) is 0 Å². The minimum atomic E-state index is -4.54. The quantitative estimate of drug-likeness (QED) is 0.356. The van der Waals surface area contributed by atoms with Crippen molar-refractivity contribution in [3.05, 3.63) is 74.2 Å². The predicted octanol–water partition coefficient (Wildman–Crippen LogP) is 4.91. The Labute approximate surface area is 192 Å². The molecule has 3 N–H and O–H groups in total. The van der Waals surface area contributed by atoms with Crippen LogP contribution in [-0.2, 0) is 16.6 Å². The van der Waals surface area contributed by atoms with E-state index in [9.17, 15) is 27.1 Å². The number of hydrogen-bond donors (Lipinski definition) is 3. The zero-order chi connectivity index (χ0) is 22.5. The minimum absolute atomic E-state index is 0.0123. The smallest absolute Gasteiger partial charge is 0.265 e. The maximum absolute atomic E-state index is 14.7. The number of phenolic OH excluding ortho intramolecular Hbond substituents is 1. The van der Waals surface area contributed by atoms with Gasteiger partial charge in [-0.25, -0.2) is 17.2 Å². The van der Waals surface area contributed by atoms with Crippen molar-refractivity contribution in [3.8, 4) is 16.9 Å². The molecule has 0 aliphatic carbocycles. The van der Waals surface area contributed by atoms with Gasteiger partial charge in [0, 0.05) is 28.2 Å². The van der Waals surface area contributed by atoms with Crippen LogP contribution < -0.4 is 10.0 Å². The first-order chi connectivity index (χ1) is 14.6. The van der Waals surface area contributed by atoms with Crippen molar-refractivity contribution in [2.45, 2.75) is 11.4 Å². The molecule has 0 saturated heterocycles. The SMILES string of the molecule is O=C1NCc2ccc(Br)cc2-c2cc(c(F)cc2F)NS(=O)(=O)c2cc1cc(Br)c2O. The van der Waals surface area contributed by atoms with Crippen LogP contribution in [0.1, 0.15) is 15.9 Å². The standard InChI is InChI=1S/C20H12Br2F2N2O4S/c21-11-2-1-9-8-25-20(28)10-3-14(22)19(27)18(4-10)31(29,30)26-17-6-13(12(9)5-11)15(23)7-16(17)24/h1-7,26-27H,8H2,(H,25,28). The minimum Gasteiger partial charge on any atom is -0.505 e. The van der Waals surface area contributed by atoms with Crippen LogP contribution in [0.4, 0.5) is 14.5 Å². The fourth-order valence-electron chi connectivity index (χ4n) is 3.17. The summed E-state index contributed by atoms with van der Waals surface area (Å²) in [4.78, 5) is 12.0. The monoisotopic (exact) mass is 572 g/mol. The van der Waals surface area contributed by atoms with Crippen LogP contribution in [0.5, 0.6) is 5.75 Å². The number of amides is 1.